The van der Waals surface area contributed by atoms with E-state index in [1.165, 1.54) is 16.8 Å². The van der Waals surface area contributed by atoms with Crippen molar-refractivity contribution in [3.8, 4) is 11.3 Å². The van der Waals surface area contributed by atoms with Gasteiger partial charge in [0, 0.05) is 19.2 Å². The first kappa shape index (κ1) is 18.1. The van der Waals surface area contributed by atoms with Crippen molar-refractivity contribution in [2.24, 2.45) is 12.5 Å². The molecule has 2 rings (SSSR count). The van der Waals surface area contributed by atoms with Gasteiger partial charge in [-0.25, -0.2) is 4.39 Å². The minimum absolute atomic E-state index is 0.215. The maximum absolute atomic E-state index is 13.0. The van der Waals surface area contributed by atoms with Gasteiger partial charge in [0.15, 0.2) is 0 Å². The predicted molar refractivity (Wildman–Crippen MR) is 91.0 cm³/mol. The summed E-state index contributed by atoms with van der Waals surface area (Å²) in [6.45, 7) is 6.25. The number of hydrogen-bond donors (Lipinski definition) is 2. The van der Waals surface area contributed by atoms with Crippen molar-refractivity contribution in [1.29, 1.82) is 0 Å². The Morgan fingerprint density at radius 3 is 2.54 bits per heavy atom. The van der Waals surface area contributed by atoms with Crippen LogP contribution in [0.25, 0.3) is 11.3 Å². The number of aromatic nitrogens is 2. The summed E-state index contributed by atoms with van der Waals surface area (Å²) >= 11 is 0. The summed E-state index contributed by atoms with van der Waals surface area (Å²) in [4.78, 5) is 12.3. The average Bonchev–Trinajstić information content (AvgIpc) is 2.88. The molecule has 0 fully saturated rings. The first-order chi connectivity index (χ1) is 11.2. The smallest absolute Gasteiger partial charge is 0.269 e. The largest absolute Gasteiger partial charge is 0.393 e. The van der Waals surface area contributed by atoms with Gasteiger partial charge in [-0.15, -0.1) is 0 Å². The summed E-state index contributed by atoms with van der Waals surface area (Å²) in [6.07, 6.45) is -0.00289. The molecule has 0 aliphatic rings. The number of benzene rings is 1. The van der Waals surface area contributed by atoms with Crippen molar-refractivity contribution >= 4 is 5.91 Å². The molecule has 130 valence electrons. The highest BCUT2D eigenvalue weighted by molar-refractivity contribution is 5.93. The highest BCUT2D eigenvalue weighted by atomic mass is 19.1. The second-order valence-electron chi connectivity index (χ2n) is 6.97. The first-order valence-corrected chi connectivity index (χ1v) is 7.94. The lowest BCUT2D eigenvalue weighted by atomic mass is 9.87. The van der Waals surface area contributed by atoms with Crippen LogP contribution in [0.15, 0.2) is 30.3 Å². The van der Waals surface area contributed by atoms with Crippen LogP contribution in [0.1, 0.15) is 37.7 Å². The molecule has 0 aliphatic heterocycles. The third-order valence-electron chi connectivity index (χ3n) is 3.96. The standard InChI is InChI=1S/C18H24FN3O2/c1-18(2,3)16(23)9-10-20-17(24)15-11-14(21-22(15)4)12-5-7-13(19)8-6-12/h5-8,11,16,23H,9-10H2,1-4H3,(H,20,24)/t16-/m1/s1. The zero-order valence-electron chi connectivity index (χ0n) is 14.5. The Bertz CT molecular complexity index is 702. The number of nitrogens with zero attached hydrogens (tertiary/aromatic N) is 2. The fourth-order valence-corrected chi connectivity index (χ4v) is 2.29. The van der Waals surface area contributed by atoms with E-state index in [4.69, 9.17) is 0 Å². The number of aliphatic hydroxyl groups is 1. The molecule has 0 aliphatic carbocycles. The third kappa shape index (κ3) is 4.41. The summed E-state index contributed by atoms with van der Waals surface area (Å²) in [5.74, 6) is -0.565. The maximum atomic E-state index is 13.0. The van der Waals surface area contributed by atoms with Gasteiger partial charge in [-0.2, -0.15) is 5.10 Å². The molecule has 5 nitrogen and oxygen atoms in total. The van der Waals surface area contributed by atoms with Gasteiger partial charge in [-0.05, 0) is 42.2 Å². The molecular formula is C18H24FN3O2. The van der Waals surface area contributed by atoms with Crippen LogP contribution < -0.4 is 5.32 Å². The second kappa shape index (κ2) is 7.13. The Morgan fingerprint density at radius 2 is 1.96 bits per heavy atom. The lowest BCUT2D eigenvalue weighted by Gasteiger charge is -2.25. The number of nitrogens with one attached hydrogen (secondary N) is 1. The highest BCUT2D eigenvalue weighted by Gasteiger charge is 2.22. The second-order valence-corrected chi connectivity index (χ2v) is 6.97. The number of aryl methyl sites for hydroxylation is 1. The van der Waals surface area contributed by atoms with Gasteiger partial charge in [-0.1, -0.05) is 20.8 Å². The molecular weight excluding hydrogens is 309 g/mol. The predicted octanol–water partition coefficient (Wildman–Crippen LogP) is 2.75. The lowest BCUT2D eigenvalue weighted by Crippen LogP contribution is -2.33. The molecule has 0 bridgehead atoms. The van der Waals surface area contributed by atoms with Crippen molar-refractivity contribution in [3.63, 3.8) is 0 Å². The van der Waals surface area contributed by atoms with E-state index in [1.54, 1.807) is 25.2 Å². The van der Waals surface area contributed by atoms with Crippen molar-refractivity contribution in [3.05, 3.63) is 41.8 Å². The topological polar surface area (TPSA) is 67.2 Å². The number of amides is 1. The molecule has 24 heavy (non-hydrogen) atoms. The van der Waals surface area contributed by atoms with Gasteiger partial charge in [-0.3, -0.25) is 9.48 Å². The zero-order valence-corrected chi connectivity index (χ0v) is 14.5. The van der Waals surface area contributed by atoms with E-state index >= 15 is 0 Å². The molecule has 0 saturated heterocycles. The van der Waals surface area contributed by atoms with E-state index in [1.807, 2.05) is 20.8 Å². The number of hydrogen-bond acceptors (Lipinski definition) is 3. The average molecular weight is 333 g/mol. The molecule has 2 aromatic rings. The molecule has 1 atom stereocenters. The molecule has 0 spiro atoms. The Hall–Kier alpha value is -2.21. The molecule has 1 aromatic carbocycles. The van der Waals surface area contributed by atoms with Crippen LogP contribution in [0.5, 0.6) is 0 Å². The van der Waals surface area contributed by atoms with Gasteiger partial charge in [0.25, 0.3) is 5.91 Å². The first-order valence-electron chi connectivity index (χ1n) is 7.94. The summed E-state index contributed by atoms with van der Waals surface area (Å²) in [5.41, 5.74) is 1.55. The summed E-state index contributed by atoms with van der Waals surface area (Å²) in [6, 6.07) is 7.64. The third-order valence-corrected chi connectivity index (χ3v) is 3.96. The van der Waals surface area contributed by atoms with Crippen molar-refractivity contribution in [2.45, 2.75) is 33.3 Å². The van der Waals surface area contributed by atoms with Crippen LogP contribution in [-0.2, 0) is 7.05 Å². The fraction of sp³-hybridized carbons (Fsp3) is 0.444. The normalized spacial score (nSPS) is 12.9. The monoisotopic (exact) mass is 333 g/mol. The van der Waals surface area contributed by atoms with Gasteiger partial charge >= 0.3 is 0 Å². The minimum atomic E-state index is -0.487. The van der Waals surface area contributed by atoms with E-state index in [2.05, 4.69) is 10.4 Å². The summed E-state index contributed by atoms with van der Waals surface area (Å²) in [7, 11) is 1.69. The van der Waals surface area contributed by atoms with Crippen LogP contribution in [-0.4, -0.2) is 33.4 Å². The van der Waals surface area contributed by atoms with Gasteiger partial charge in [0.2, 0.25) is 0 Å². The van der Waals surface area contributed by atoms with E-state index in [0.29, 0.717) is 24.4 Å². The summed E-state index contributed by atoms with van der Waals surface area (Å²) in [5, 5.41) is 17.1. The molecule has 1 aromatic heterocycles. The van der Waals surface area contributed by atoms with Crippen LogP contribution >= 0.6 is 0 Å². The van der Waals surface area contributed by atoms with Gasteiger partial charge in [0.1, 0.15) is 11.5 Å². The van der Waals surface area contributed by atoms with Crippen LogP contribution in [0.4, 0.5) is 4.39 Å². The van der Waals surface area contributed by atoms with E-state index in [-0.39, 0.29) is 17.1 Å². The molecule has 0 saturated carbocycles. The van der Waals surface area contributed by atoms with Gasteiger partial charge < -0.3 is 10.4 Å². The van der Waals surface area contributed by atoms with E-state index in [0.717, 1.165) is 5.56 Å². The van der Waals surface area contributed by atoms with Crippen molar-refractivity contribution < 1.29 is 14.3 Å². The minimum Gasteiger partial charge on any atom is -0.393 e. The highest BCUT2D eigenvalue weighted by Crippen LogP contribution is 2.21. The molecule has 1 heterocycles. The van der Waals surface area contributed by atoms with E-state index < -0.39 is 6.10 Å². The number of carbonyl (C=O) groups is 1. The van der Waals surface area contributed by atoms with Crippen LogP contribution in [0, 0.1) is 11.2 Å². The molecule has 6 heteroatoms. The van der Waals surface area contributed by atoms with Crippen LogP contribution in [0.3, 0.4) is 0 Å². The van der Waals surface area contributed by atoms with E-state index in [9.17, 15) is 14.3 Å². The number of carbonyl (C=O) groups excluding carboxylic acids is 1. The molecule has 2 N–H and O–H groups in total. The zero-order chi connectivity index (χ0) is 17.9. The Morgan fingerprint density at radius 1 is 1.33 bits per heavy atom. The summed E-state index contributed by atoms with van der Waals surface area (Å²) < 4.78 is 14.5. The SMILES string of the molecule is Cn1nc(-c2ccc(F)cc2)cc1C(=O)NCC[C@@H](O)C(C)(C)C. The molecule has 0 radical (unpaired) electrons. The Kier molecular flexibility index (Phi) is 5.39. The van der Waals surface area contributed by atoms with Gasteiger partial charge in [0.05, 0.1) is 11.8 Å². The fourth-order valence-electron chi connectivity index (χ4n) is 2.29. The maximum Gasteiger partial charge on any atom is 0.269 e. The Labute approximate surface area is 141 Å². The molecule has 1 amide bonds. The quantitative estimate of drug-likeness (QED) is 0.884. The van der Waals surface area contributed by atoms with Crippen LogP contribution in [0.2, 0.25) is 0 Å². The Balaban J connectivity index is 2.02. The molecule has 0 unspecified atom stereocenters. The van der Waals surface area contributed by atoms with Crippen molar-refractivity contribution in [1.82, 2.24) is 15.1 Å². The number of aliphatic hydroxyl groups excluding tert-OH is 1. The number of rotatable bonds is 5. The number of halogens is 1. The van der Waals surface area contributed by atoms with Crippen molar-refractivity contribution in [2.75, 3.05) is 6.54 Å². The lowest BCUT2D eigenvalue weighted by molar-refractivity contribution is 0.0550.